The average molecular weight is 285 g/mol. The number of thioether (sulfide) groups is 1. The zero-order chi connectivity index (χ0) is 13.9. The molecule has 0 aromatic heterocycles. The summed E-state index contributed by atoms with van der Waals surface area (Å²) in [5.41, 5.74) is 0.390. The molecule has 112 valence electrons. The SMILES string of the molecule is CCSCCN1CC(C)(C2CC2)NCC1C(C)CC. The van der Waals surface area contributed by atoms with Crippen molar-refractivity contribution in [2.75, 3.05) is 31.1 Å². The van der Waals surface area contributed by atoms with Crippen LogP contribution in [0.5, 0.6) is 0 Å². The van der Waals surface area contributed by atoms with Crippen molar-refractivity contribution in [2.24, 2.45) is 11.8 Å². The van der Waals surface area contributed by atoms with Crippen LogP contribution in [-0.2, 0) is 0 Å². The molecule has 19 heavy (non-hydrogen) atoms. The molecule has 2 aliphatic rings. The third-order valence-corrected chi connectivity index (χ3v) is 6.10. The van der Waals surface area contributed by atoms with Gasteiger partial charge in [-0.05, 0) is 37.4 Å². The predicted molar refractivity (Wildman–Crippen MR) is 86.9 cm³/mol. The highest BCUT2D eigenvalue weighted by atomic mass is 32.2. The highest BCUT2D eigenvalue weighted by Crippen LogP contribution is 2.41. The fourth-order valence-electron chi connectivity index (χ4n) is 3.46. The van der Waals surface area contributed by atoms with Crippen molar-refractivity contribution in [1.82, 2.24) is 10.2 Å². The summed E-state index contributed by atoms with van der Waals surface area (Å²) in [6.07, 6.45) is 4.17. The fraction of sp³-hybridized carbons (Fsp3) is 1.00. The first-order valence-electron chi connectivity index (χ1n) is 8.17. The van der Waals surface area contributed by atoms with E-state index < -0.39 is 0 Å². The third-order valence-electron chi connectivity index (χ3n) is 5.22. The zero-order valence-electron chi connectivity index (χ0n) is 13.2. The smallest absolute Gasteiger partial charge is 0.0309 e. The lowest BCUT2D eigenvalue weighted by atomic mass is 9.87. The van der Waals surface area contributed by atoms with E-state index in [4.69, 9.17) is 0 Å². The number of hydrogen-bond acceptors (Lipinski definition) is 3. The van der Waals surface area contributed by atoms with Gasteiger partial charge in [0.15, 0.2) is 0 Å². The van der Waals surface area contributed by atoms with E-state index in [0.29, 0.717) is 5.54 Å². The van der Waals surface area contributed by atoms with Crippen molar-refractivity contribution >= 4 is 11.8 Å². The summed E-state index contributed by atoms with van der Waals surface area (Å²) in [6.45, 7) is 13.2. The first-order valence-corrected chi connectivity index (χ1v) is 9.33. The predicted octanol–water partition coefficient (Wildman–Crippen LogP) is 3.23. The van der Waals surface area contributed by atoms with Crippen molar-refractivity contribution in [3.63, 3.8) is 0 Å². The van der Waals surface area contributed by atoms with Crippen LogP contribution in [-0.4, -0.2) is 47.6 Å². The van der Waals surface area contributed by atoms with Gasteiger partial charge >= 0.3 is 0 Å². The number of nitrogens with zero attached hydrogens (tertiary/aromatic N) is 1. The first-order chi connectivity index (χ1) is 9.10. The highest BCUT2D eigenvalue weighted by Gasteiger charge is 2.46. The van der Waals surface area contributed by atoms with Crippen LogP contribution < -0.4 is 5.32 Å². The second-order valence-corrected chi connectivity index (χ2v) is 8.09. The standard InChI is InChI=1S/C16H32N2S/c1-5-13(3)15-11-17-16(4,14-7-8-14)12-18(15)9-10-19-6-2/h13-15,17H,5-12H2,1-4H3. The van der Waals surface area contributed by atoms with Crippen LogP contribution in [0.15, 0.2) is 0 Å². The Balaban J connectivity index is 1.96. The first kappa shape index (κ1) is 15.7. The molecule has 0 bridgehead atoms. The lowest BCUT2D eigenvalue weighted by Gasteiger charge is -2.48. The van der Waals surface area contributed by atoms with Crippen LogP contribution in [0.3, 0.4) is 0 Å². The van der Waals surface area contributed by atoms with Gasteiger partial charge < -0.3 is 5.32 Å². The van der Waals surface area contributed by atoms with Crippen molar-refractivity contribution in [3.05, 3.63) is 0 Å². The minimum absolute atomic E-state index is 0.390. The average Bonchev–Trinajstić information content (AvgIpc) is 3.23. The molecule has 1 aliphatic carbocycles. The summed E-state index contributed by atoms with van der Waals surface area (Å²) in [5.74, 6) is 4.29. The maximum Gasteiger partial charge on any atom is 0.0309 e. The lowest BCUT2D eigenvalue weighted by Crippen LogP contribution is -2.65. The minimum Gasteiger partial charge on any atom is -0.308 e. The van der Waals surface area contributed by atoms with E-state index in [2.05, 4.69) is 49.7 Å². The number of piperazine rings is 1. The van der Waals surface area contributed by atoms with Crippen LogP contribution in [0.4, 0.5) is 0 Å². The van der Waals surface area contributed by atoms with Crippen molar-refractivity contribution in [2.45, 2.75) is 58.5 Å². The summed E-state index contributed by atoms with van der Waals surface area (Å²) in [7, 11) is 0. The molecular weight excluding hydrogens is 252 g/mol. The van der Waals surface area contributed by atoms with E-state index in [-0.39, 0.29) is 0 Å². The number of nitrogens with one attached hydrogen (secondary N) is 1. The highest BCUT2D eigenvalue weighted by molar-refractivity contribution is 7.99. The molecule has 2 nitrogen and oxygen atoms in total. The Morgan fingerprint density at radius 1 is 1.37 bits per heavy atom. The van der Waals surface area contributed by atoms with E-state index in [1.54, 1.807) is 0 Å². The molecular formula is C16H32N2S. The summed E-state index contributed by atoms with van der Waals surface area (Å²) in [6, 6.07) is 0.745. The maximum atomic E-state index is 3.89. The molecule has 0 radical (unpaired) electrons. The zero-order valence-corrected chi connectivity index (χ0v) is 14.1. The Bertz CT molecular complexity index is 280. The van der Waals surface area contributed by atoms with Crippen LogP contribution in [0.2, 0.25) is 0 Å². The van der Waals surface area contributed by atoms with E-state index in [1.807, 2.05) is 0 Å². The minimum atomic E-state index is 0.390. The Hall–Kier alpha value is 0.270. The Morgan fingerprint density at radius 3 is 2.68 bits per heavy atom. The van der Waals surface area contributed by atoms with Crippen LogP contribution in [0.25, 0.3) is 0 Å². The van der Waals surface area contributed by atoms with E-state index in [1.165, 1.54) is 50.4 Å². The van der Waals surface area contributed by atoms with E-state index >= 15 is 0 Å². The molecule has 0 spiro atoms. The molecule has 0 aromatic carbocycles. The fourth-order valence-corrected chi connectivity index (χ4v) is 4.11. The molecule has 1 N–H and O–H groups in total. The second kappa shape index (κ2) is 6.82. The van der Waals surface area contributed by atoms with Gasteiger partial charge in [-0.1, -0.05) is 27.2 Å². The van der Waals surface area contributed by atoms with Gasteiger partial charge in [0.05, 0.1) is 0 Å². The van der Waals surface area contributed by atoms with Crippen LogP contribution in [0.1, 0.15) is 47.0 Å². The van der Waals surface area contributed by atoms with Gasteiger partial charge in [0.2, 0.25) is 0 Å². The van der Waals surface area contributed by atoms with Gasteiger partial charge in [0, 0.05) is 37.0 Å². The van der Waals surface area contributed by atoms with Gasteiger partial charge in [0.25, 0.3) is 0 Å². The molecule has 1 saturated heterocycles. The van der Waals surface area contributed by atoms with E-state index in [9.17, 15) is 0 Å². The van der Waals surface area contributed by atoms with Gasteiger partial charge in [-0.2, -0.15) is 11.8 Å². The monoisotopic (exact) mass is 284 g/mol. The Morgan fingerprint density at radius 2 is 2.11 bits per heavy atom. The second-order valence-electron chi connectivity index (χ2n) is 6.69. The topological polar surface area (TPSA) is 15.3 Å². The molecule has 1 saturated carbocycles. The molecule has 1 aliphatic heterocycles. The van der Waals surface area contributed by atoms with Crippen molar-refractivity contribution < 1.29 is 0 Å². The van der Waals surface area contributed by atoms with Gasteiger partial charge in [-0.25, -0.2) is 0 Å². The maximum absolute atomic E-state index is 3.89. The van der Waals surface area contributed by atoms with Crippen LogP contribution in [0, 0.1) is 11.8 Å². The van der Waals surface area contributed by atoms with E-state index in [0.717, 1.165) is 17.9 Å². The number of hydrogen-bond donors (Lipinski definition) is 1. The molecule has 0 aromatic rings. The third kappa shape index (κ3) is 3.89. The van der Waals surface area contributed by atoms with Crippen LogP contribution >= 0.6 is 11.8 Å². The normalized spacial score (nSPS) is 34.4. The molecule has 1 heterocycles. The van der Waals surface area contributed by atoms with Gasteiger partial charge in [-0.3, -0.25) is 4.90 Å². The largest absolute Gasteiger partial charge is 0.308 e. The van der Waals surface area contributed by atoms with Gasteiger partial charge in [-0.15, -0.1) is 0 Å². The molecule has 2 rings (SSSR count). The summed E-state index contributed by atoms with van der Waals surface area (Å²) in [4.78, 5) is 2.80. The lowest BCUT2D eigenvalue weighted by molar-refractivity contribution is 0.0528. The molecule has 0 amide bonds. The van der Waals surface area contributed by atoms with Crippen molar-refractivity contribution in [1.29, 1.82) is 0 Å². The molecule has 3 unspecified atom stereocenters. The number of rotatable bonds is 7. The van der Waals surface area contributed by atoms with Crippen molar-refractivity contribution in [3.8, 4) is 0 Å². The van der Waals surface area contributed by atoms with Gasteiger partial charge in [0.1, 0.15) is 0 Å². The molecule has 3 atom stereocenters. The summed E-state index contributed by atoms with van der Waals surface area (Å²) >= 11 is 2.09. The summed E-state index contributed by atoms with van der Waals surface area (Å²) < 4.78 is 0. The molecule has 3 heteroatoms. The quantitative estimate of drug-likeness (QED) is 0.723. The Labute approximate surface area is 124 Å². The Kier molecular flexibility index (Phi) is 5.62. The summed E-state index contributed by atoms with van der Waals surface area (Å²) in [5, 5.41) is 3.89. The molecule has 2 fully saturated rings.